The number of nitrogens with zero attached hydrogens (tertiary/aromatic N) is 1. The van der Waals surface area contributed by atoms with Gasteiger partial charge in [-0.05, 0) is 43.5 Å². The van der Waals surface area contributed by atoms with Gasteiger partial charge in [0.05, 0.1) is 16.8 Å². The molecule has 0 spiro atoms. The van der Waals surface area contributed by atoms with Gasteiger partial charge < -0.3 is 9.52 Å². The Bertz CT molecular complexity index is 1020. The molecule has 1 aliphatic carbocycles. The average molecular weight is 369 g/mol. The molecule has 0 saturated heterocycles. The number of hydrogen-bond acceptors (Lipinski definition) is 4. The molecule has 0 unspecified atom stereocenters. The molecule has 6 heteroatoms. The number of fused-ring (bicyclic) bond motifs is 3. The van der Waals surface area contributed by atoms with E-state index < -0.39 is 5.91 Å². The Labute approximate surface area is 155 Å². The van der Waals surface area contributed by atoms with E-state index in [0.717, 1.165) is 48.0 Å². The number of hydrogen-bond donors (Lipinski definition) is 2. The summed E-state index contributed by atoms with van der Waals surface area (Å²) in [7, 11) is 0. The summed E-state index contributed by atoms with van der Waals surface area (Å²) in [5, 5.41) is 15.5. The van der Waals surface area contributed by atoms with Crippen LogP contribution in [0.5, 0.6) is 5.75 Å². The summed E-state index contributed by atoms with van der Waals surface area (Å²) in [5.74, 6) is 0.668. The van der Waals surface area contributed by atoms with Crippen LogP contribution in [-0.4, -0.2) is 17.2 Å². The van der Waals surface area contributed by atoms with Crippen LogP contribution >= 0.6 is 11.6 Å². The molecule has 1 heterocycles. The lowest BCUT2D eigenvalue weighted by atomic mass is 9.94. The van der Waals surface area contributed by atoms with Crippen molar-refractivity contribution in [3.8, 4) is 5.75 Å². The van der Waals surface area contributed by atoms with Gasteiger partial charge in [-0.2, -0.15) is 5.10 Å². The summed E-state index contributed by atoms with van der Waals surface area (Å²) < 4.78 is 5.92. The van der Waals surface area contributed by atoms with E-state index in [-0.39, 0.29) is 5.75 Å². The predicted molar refractivity (Wildman–Crippen MR) is 101 cm³/mol. The van der Waals surface area contributed by atoms with Crippen molar-refractivity contribution < 1.29 is 14.3 Å². The largest absolute Gasteiger partial charge is 0.507 e. The molecule has 0 bridgehead atoms. The highest BCUT2D eigenvalue weighted by Gasteiger charge is 2.21. The van der Waals surface area contributed by atoms with Crippen molar-refractivity contribution in [3.63, 3.8) is 0 Å². The molecule has 3 aromatic rings. The molecule has 2 N–H and O–H groups in total. The number of benzene rings is 2. The van der Waals surface area contributed by atoms with Crippen LogP contribution in [-0.2, 0) is 12.8 Å². The lowest BCUT2D eigenvalue weighted by molar-refractivity contribution is 0.0955. The smallest absolute Gasteiger partial charge is 0.272 e. The normalized spacial score (nSPS) is 13.9. The number of phenols is 1. The van der Waals surface area contributed by atoms with Crippen molar-refractivity contribution in [2.75, 3.05) is 0 Å². The number of halogens is 1. The minimum Gasteiger partial charge on any atom is -0.507 e. The van der Waals surface area contributed by atoms with E-state index >= 15 is 0 Å². The van der Waals surface area contributed by atoms with E-state index in [1.807, 2.05) is 0 Å². The number of amides is 1. The zero-order chi connectivity index (χ0) is 18.1. The molecule has 4 rings (SSSR count). The van der Waals surface area contributed by atoms with Gasteiger partial charge in [0.25, 0.3) is 5.91 Å². The van der Waals surface area contributed by atoms with Crippen LogP contribution in [0.25, 0.3) is 11.0 Å². The first-order chi connectivity index (χ1) is 12.6. The SMILES string of the molecule is O=C(NN=Cc1c(O)ccc2oc3c(c12)CCCC3)c1ccccc1Cl. The van der Waals surface area contributed by atoms with E-state index in [2.05, 4.69) is 10.5 Å². The fraction of sp³-hybridized carbons (Fsp3) is 0.200. The number of phenolic OH excluding ortho intramolecular Hbond substituents is 1. The van der Waals surface area contributed by atoms with E-state index in [1.54, 1.807) is 36.4 Å². The van der Waals surface area contributed by atoms with Gasteiger partial charge in [0.15, 0.2) is 0 Å². The van der Waals surface area contributed by atoms with Crippen LogP contribution < -0.4 is 5.43 Å². The van der Waals surface area contributed by atoms with Crippen LogP contribution in [0.2, 0.25) is 5.02 Å². The molecule has 132 valence electrons. The number of carbonyl (C=O) groups is 1. The maximum atomic E-state index is 12.2. The summed E-state index contributed by atoms with van der Waals surface area (Å²) in [6.07, 6.45) is 5.48. The van der Waals surface area contributed by atoms with E-state index in [0.29, 0.717) is 16.1 Å². The Morgan fingerprint density at radius 3 is 2.85 bits per heavy atom. The van der Waals surface area contributed by atoms with Crippen molar-refractivity contribution in [1.29, 1.82) is 0 Å². The van der Waals surface area contributed by atoms with Gasteiger partial charge in [0.1, 0.15) is 17.1 Å². The zero-order valence-corrected chi connectivity index (χ0v) is 14.7. The Kier molecular flexibility index (Phi) is 4.39. The summed E-state index contributed by atoms with van der Waals surface area (Å²) in [6, 6.07) is 10.1. The molecule has 1 aliphatic rings. The standard InChI is InChI=1S/C20H17ClN2O3/c21-15-7-3-1-5-12(15)20(25)23-22-11-14-16(24)9-10-18-19(14)13-6-2-4-8-17(13)26-18/h1,3,5,7,9-11,24H,2,4,6,8H2,(H,23,25). The van der Waals surface area contributed by atoms with Crippen LogP contribution in [0.1, 0.15) is 40.1 Å². The topological polar surface area (TPSA) is 74.8 Å². The van der Waals surface area contributed by atoms with Gasteiger partial charge in [-0.1, -0.05) is 23.7 Å². The molecule has 0 aliphatic heterocycles. The maximum absolute atomic E-state index is 12.2. The Balaban J connectivity index is 1.65. The van der Waals surface area contributed by atoms with Crippen molar-refractivity contribution in [2.45, 2.75) is 25.7 Å². The van der Waals surface area contributed by atoms with Gasteiger partial charge in [0, 0.05) is 22.9 Å². The summed E-state index contributed by atoms with van der Waals surface area (Å²) in [4.78, 5) is 12.2. The van der Waals surface area contributed by atoms with Crippen molar-refractivity contribution in [2.24, 2.45) is 5.10 Å². The fourth-order valence-corrected chi connectivity index (χ4v) is 3.59. The molecule has 0 saturated carbocycles. The molecule has 0 atom stereocenters. The zero-order valence-electron chi connectivity index (χ0n) is 14.0. The predicted octanol–water partition coefficient (Wildman–Crippen LogP) is 4.43. The average Bonchev–Trinajstić information content (AvgIpc) is 3.02. The first-order valence-corrected chi connectivity index (χ1v) is 8.87. The summed E-state index contributed by atoms with van der Waals surface area (Å²) >= 11 is 6.02. The minimum absolute atomic E-state index is 0.0995. The summed E-state index contributed by atoms with van der Waals surface area (Å²) in [6.45, 7) is 0. The molecule has 5 nitrogen and oxygen atoms in total. The van der Waals surface area contributed by atoms with Gasteiger partial charge in [0.2, 0.25) is 0 Å². The van der Waals surface area contributed by atoms with Crippen LogP contribution in [0, 0.1) is 0 Å². The number of hydrazone groups is 1. The van der Waals surface area contributed by atoms with Gasteiger partial charge >= 0.3 is 0 Å². The minimum atomic E-state index is -0.410. The number of aromatic hydroxyl groups is 1. The quantitative estimate of drug-likeness (QED) is 0.530. The number of furan rings is 1. The summed E-state index contributed by atoms with van der Waals surface area (Å²) in [5.41, 5.74) is 5.20. The van der Waals surface area contributed by atoms with Gasteiger partial charge in [-0.15, -0.1) is 0 Å². The highest BCUT2D eigenvalue weighted by atomic mass is 35.5. The van der Waals surface area contributed by atoms with Crippen molar-refractivity contribution in [3.05, 3.63) is 63.9 Å². The van der Waals surface area contributed by atoms with Crippen molar-refractivity contribution in [1.82, 2.24) is 5.43 Å². The Morgan fingerprint density at radius 1 is 1.19 bits per heavy atom. The molecule has 1 aromatic heterocycles. The maximum Gasteiger partial charge on any atom is 0.272 e. The molecular weight excluding hydrogens is 352 g/mol. The van der Waals surface area contributed by atoms with Crippen LogP contribution in [0.4, 0.5) is 0 Å². The van der Waals surface area contributed by atoms with Gasteiger partial charge in [-0.25, -0.2) is 5.43 Å². The third-order valence-electron chi connectivity index (χ3n) is 4.61. The number of nitrogens with one attached hydrogen (secondary N) is 1. The lowest BCUT2D eigenvalue weighted by Crippen LogP contribution is -2.18. The third-order valence-corrected chi connectivity index (χ3v) is 4.94. The van der Waals surface area contributed by atoms with Gasteiger partial charge in [-0.3, -0.25) is 4.79 Å². The van der Waals surface area contributed by atoms with E-state index in [1.165, 1.54) is 6.21 Å². The van der Waals surface area contributed by atoms with Crippen LogP contribution in [0.15, 0.2) is 45.9 Å². The first-order valence-electron chi connectivity index (χ1n) is 8.49. The van der Waals surface area contributed by atoms with E-state index in [4.69, 9.17) is 16.0 Å². The van der Waals surface area contributed by atoms with E-state index in [9.17, 15) is 9.90 Å². The molecule has 1 amide bonds. The van der Waals surface area contributed by atoms with Crippen molar-refractivity contribution >= 4 is 34.7 Å². The molecule has 26 heavy (non-hydrogen) atoms. The number of aryl methyl sites for hydroxylation is 2. The number of rotatable bonds is 3. The highest BCUT2D eigenvalue weighted by Crippen LogP contribution is 2.36. The molecule has 2 aromatic carbocycles. The second kappa shape index (κ2) is 6.84. The lowest BCUT2D eigenvalue weighted by Gasteiger charge is -2.09. The molecular formula is C20H17ClN2O3. The second-order valence-corrected chi connectivity index (χ2v) is 6.67. The highest BCUT2D eigenvalue weighted by molar-refractivity contribution is 6.33. The second-order valence-electron chi connectivity index (χ2n) is 6.26. The molecule has 0 fully saturated rings. The van der Waals surface area contributed by atoms with Crippen LogP contribution in [0.3, 0.4) is 0 Å². The Hall–Kier alpha value is -2.79. The fourth-order valence-electron chi connectivity index (χ4n) is 3.36. The molecule has 0 radical (unpaired) electrons. The third kappa shape index (κ3) is 2.95. The number of carbonyl (C=O) groups excluding carboxylic acids is 1. The monoisotopic (exact) mass is 368 g/mol. The first kappa shape index (κ1) is 16.7. The Morgan fingerprint density at radius 2 is 2.00 bits per heavy atom.